The SMILES string of the molecule is O=C(O)Cc1ccc(OCc2noc(C3CC3)n2)cc1. The summed E-state index contributed by atoms with van der Waals surface area (Å²) in [6, 6.07) is 6.94. The highest BCUT2D eigenvalue weighted by Crippen LogP contribution is 2.38. The predicted octanol–water partition coefficient (Wildman–Crippen LogP) is 2.15. The van der Waals surface area contributed by atoms with Crippen LogP contribution >= 0.6 is 0 Å². The average molecular weight is 274 g/mol. The van der Waals surface area contributed by atoms with Crippen LogP contribution in [-0.2, 0) is 17.8 Å². The monoisotopic (exact) mass is 274 g/mol. The van der Waals surface area contributed by atoms with E-state index in [-0.39, 0.29) is 13.0 Å². The fourth-order valence-corrected chi connectivity index (χ4v) is 1.85. The number of carboxylic acids is 1. The number of carboxylic acid groups (broad SMARTS) is 1. The average Bonchev–Trinajstić information content (AvgIpc) is 3.17. The first-order chi connectivity index (χ1) is 9.70. The number of hydrogen-bond acceptors (Lipinski definition) is 5. The van der Waals surface area contributed by atoms with E-state index in [1.165, 1.54) is 0 Å². The zero-order chi connectivity index (χ0) is 13.9. The molecule has 0 atom stereocenters. The van der Waals surface area contributed by atoms with Crippen LogP contribution in [-0.4, -0.2) is 21.2 Å². The maximum atomic E-state index is 10.6. The summed E-state index contributed by atoms with van der Waals surface area (Å²) >= 11 is 0. The van der Waals surface area contributed by atoms with Crippen molar-refractivity contribution in [1.29, 1.82) is 0 Å². The fraction of sp³-hybridized carbons (Fsp3) is 0.357. The van der Waals surface area contributed by atoms with Crippen molar-refractivity contribution in [3.63, 3.8) is 0 Å². The van der Waals surface area contributed by atoms with Gasteiger partial charge in [-0.05, 0) is 30.5 Å². The van der Waals surface area contributed by atoms with Gasteiger partial charge in [0.15, 0.2) is 6.61 Å². The molecule has 1 aliphatic rings. The first kappa shape index (κ1) is 12.7. The highest BCUT2D eigenvalue weighted by molar-refractivity contribution is 5.70. The second-order valence-corrected chi connectivity index (χ2v) is 4.83. The molecular weight excluding hydrogens is 260 g/mol. The zero-order valence-corrected chi connectivity index (χ0v) is 10.8. The summed E-state index contributed by atoms with van der Waals surface area (Å²) < 4.78 is 10.7. The van der Waals surface area contributed by atoms with E-state index in [0.29, 0.717) is 23.4 Å². The summed E-state index contributed by atoms with van der Waals surface area (Å²) in [5.74, 6) is 1.46. The Morgan fingerprint density at radius 2 is 2.10 bits per heavy atom. The Kier molecular flexibility index (Phi) is 3.37. The van der Waals surface area contributed by atoms with E-state index in [1.807, 2.05) is 0 Å². The highest BCUT2D eigenvalue weighted by atomic mass is 16.5. The van der Waals surface area contributed by atoms with E-state index in [1.54, 1.807) is 24.3 Å². The van der Waals surface area contributed by atoms with Gasteiger partial charge in [0.25, 0.3) is 0 Å². The lowest BCUT2D eigenvalue weighted by molar-refractivity contribution is -0.136. The molecule has 1 aromatic heterocycles. The largest absolute Gasteiger partial charge is 0.485 e. The second-order valence-electron chi connectivity index (χ2n) is 4.83. The van der Waals surface area contributed by atoms with Crippen LogP contribution in [0.25, 0.3) is 0 Å². The number of aliphatic carboxylic acids is 1. The number of nitrogens with zero attached hydrogens (tertiary/aromatic N) is 2. The molecule has 104 valence electrons. The zero-order valence-electron chi connectivity index (χ0n) is 10.8. The molecule has 0 spiro atoms. The summed E-state index contributed by atoms with van der Waals surface area (Å²) in [7, 11) is 0. The molecule has 0 amide bonds. The summed E-state index contributed by atoms with van der Waals surface area (Å²) in [5, 5.41) is 12.5. The van der Waals surface area contributed by atoms with Crippen LogP contribution in [0.4, 0.5) is 0 Å². The van der Waals surface area contributed by atoms with Crippen molar-refractivity contribution in [3.05, 3.63) is 41.5 Å². The van der Waals surface area contributed by atoms with E-state index < -0.39 is 5.97 Å². The van der Waals surface area contributed by atoms with Crippen molar-refractivity contribution < 1.29 is 19.2 Å². The molecule has 0 saturated heterocycles. The second kappa shape index (κ2) is 5.32. The van der Waals surface area contributed by atoms with E-state index in [9.17, 15) is 4.79 Å². The van der Waals surface area contributed by atoms with Gasteiger partial charge in [-0.3, -0.25) is 4.79 Å². The third-order valence-electron chi connectivity index (χ3n) is 3.06. The van der Waals surface area contributed by atoms with Gasteiger partial charge in [-0.1, -0.05) is 17.3 Å². The number of aromatic nitrogens is 2. The normalized spacial score (nSPS) is 14.2. The quantitative estimate of drug-likeness (QED) is 0.868. The minimum absolute atomic E-state index is 0.00979. The van der Waals surface area contributed by atoms with Gasteiger partial charge >= 0.3 is 5.97 Å². The van der Waals surface area contributed by atoms with Gasteiger partial charge < -0.3 is 14.4 Å². The topological polar surface area (TPSA) is 85.5 Å². The lowest BCUT2D eigenvalue weighted by atomic mass is 10.1. The molecule has 6 nitrogen and oxygen atoms in total. The molecule has 1 heterocycles. The van der Waals surface area contributed by atoms with Crippen molar-refractivity contribution in [2.75, 3.05) is 0 Å². The van der Waals surface area contributed by atoms with E-state index >= 15 is 0 Å². The Morgan fingerprint density at radius 3 is 2.75 bits per heavy atom. The first-order valence-electron chi connectivity index (χ1n) is 6.47. The van der Waals surface area contributed by atoms with Crippen LogP contribution < -0.4 is 4.74 Å². The Bertz CT molecular complexity index is 602. The fourth-order valence-electron chi connectivity index (χ4n) is 1.85. The van der Waals surface area contributed by atoms with E-state index in [2.05, 4.69) is 10.1 Å². The standard InChI is InChI=1S/C14H14N2O4/c17-13(18)7-9-1-5-11(6-2-9)19-8-12-15-14(20-16-12)10-3-4-10/h1-2,5-6,10H,3-4,7-8H2,(H,17,18). The van der Waals surface area contributed by atoms with Gasteiger partial charge in [0.05, 0.1) is 6.42 Å². The Balaban J connectivity index is 1.55. The predicted molar refractivity (Wildman–Crippen MR) is 68.4 cm³/mol. The molecular formula is C14H14N2O4. The lowest BCUT2D eigenvalue weighted by Gasteiger charge is -2.04. The Morgan fingerprint density at radius 1 is 1.35 bits per heavy atom. The minimum atomic E-state index is -0.849. The first-order valence-corrected chi connectivity index (χ1v) is 6.47. The molecule has 3 rings (SSSR count). The van der Waals surface area contributed by atoms with E-state index in [4.69, 9.17) is 14.4 Å². The van der Waals surface area contributed by atoms with Crippen molar-refractivity contribution >= 4 is 5.97 Å². The molecule has 1 aliphatic carbocycles. The van der Waals surface area contributed by atoms with Gasteiger partial charge in [0, 0.05) is 5.92 Å². The minimum Gasteiger partial charge on any atom is -0.485 e. The molecule has 1 fully saturated rings. The van der Waals surface area contributed by atoms with Gasteiger partial charge in [-0.2, -0.15) is 4.98 Å². The summed E-state index contributed by atoms with van der Waals surface area (Å²) in [5.41, 5.74) is 0.737. The summed E-state index contributed by atoms with van der Waals surface area (Å²) in [6.45, 7) is 0.245. The molecule has 20 heavy (non-hydrogen) atoms. The molecule has 0 aliphatic heterocycles. The molecule has 1 aromatic carbocycles. The molecule has 0 unspecified atom stereocenters. The maximum Gasteiger partial charge on any atom is 0.307 e. The van der Waals surface area contributed by atoms with Crippen LogP contribution in [0, 0.1) is 0 Å². The van der Waals surface area contributed by atoms with Gasteiger partial charge in [0.1, 0.15) is 5.75 Å². The number of rotatable bonds is 6. The lowest BCUT2D eigenvalue weighted by Crippen LogP contribution is -2.00. The third-order valence-corrected chi connectivity index (χ3v) is 3.06. The number of hydrogen-bond donors (Lipinski definition) is 1. The van der Waals surface area contributed by atoms with Gasteiger partial charge in [-0.25, -0.2) is 0 Å². The molecule has 0 bridgehead atoms. The summed E-state index contributed by atoms with van der Waals surface area (Å²) in [6.07, 6.45) is 2.25. The molecule has 2 aromatic rings. The van der Waals surface area contributed by atoms with Gasteiger partial charge in [0.2, 0.25) is 11.7 Å². The number of carbonyl (C=O) groups is 1. The van der Waals surface area contributed by atoms with Crippen LogP contribution in [0.5, 0.6) is 5.75 Å². The smallest absolute Gasteiger partial charge is 0.307 e. The molecule has 0 radical (unpaired) electrons. The maximum absolute atomic E-state index is 10.6. The molecule has 1 saturated carbocycles. The highest BCUT2D eigenvalue weighted by Gasteiger charge is 2.29. The third kappa shape index (κ3) is 3.14. The molecule has 1 N–H and O–H groups in total. The van der Waals surface area contributed by atoms with Gasteiger partial charge in [-0.15, -0.1) is 0 Å². The van der Waals surface area contributed by atoms with E-state index in [0.717, 1.165) is 18.4 Å². The van der Waals surface area contributed by atoms with Crippen LogP contribution in [0.3, 0.4) is 0 Å². The van der Waals surface area contributed by atoms with Crippen LogP contribution in [0.1, 0.15) is 36.0 Å². The summed E-state index contributed by atoms with van der Waals surface area (Å²) in [4.78, 5) is 14.8. The van der Waals surface area contributed by atoms with Crippen molar-refractivity contribution in [3.8, 4) is 5.75 Å². The Hall–Kier alpha value is -2.37. The number of benzene rings is 1. The van der Waals surface area contributed by atoms with Crippen LogP contribution in [0.15, 0.2) is 28.8 Å². The van der Waals surface area contributed by atoms with Crippen LogP contribution in [0.2, 0.25) is 0 Å². The molecule has 6 heteroatoms. The number of ether oxygens (including phenoxy) is 1. The van der Waals surface area contributed by atoms with Crippen molar-refractivity contribution in [1.82, 2.24) is 10.1 Å². The van der Waals surface area contributed by atoms with Crippen molar-refractivity contribution in [2.45, 2.75) is 31.8 Å². The Labute approximate surface area is 115 Å². The van der Waals surface area contributed by atoms with Crippen molar-refractivity contribution in [2.24, 2.45) is 0 Å².